The molecule has 0 spiro atoms. The van der Waals surface area contributed by atoms with E-state index < -0.39 is 114 Å². The van der Waals surface area contributed by atoms with Crippen molar-refractivity contribution in [1.29, 1.82) is 0 Å². The number of piperazine rings is 1. The maximum Gasteiger partial charge on any atom is 0.407 e. The number of allylic oxidation sites excluding steroid dienone is 5. The van der Waals surface area contributed by atoms with E-state index in [1.54, 1.807) is 48.0 Å². The van der Waals surface area contributed by atoms with E-state index in [1.165, 1.54) is 4.90 Å². The van der Waals surface area contributed by atoms with Gasteiger partial charge in [0.2, 0.25) is 11.6 Å². The number of amides is 1. The molecule has 4 heterocycles. The third-order valence-corrected chi connectivity index (χ3v) is 17.9. The lowest BCUT2D eigenvalue weighted by atomic mass is 9.80. The molecule has 474 valence electrons. The number of piperidine rings is 1. The highest BCUT2D eigenvalue weighted by atomic mass is 16.6. The second-order valence-electron chi connectivity index (χ2n) is 24.2. The predicted molar refractivity (Wildman–Crippen MR) is 314 cm³/mol. The summed E-state index contributed by atoms with van der Waals surface area (Å²) in [5.74, 6) is -6.74. The fraction of sp³-hybridized carbons (Fsp3) is 0.806. The van der Waals surface area contributed by atoms with Crippen LogP contribution in [0.5, 0.6) is 0 Å². The summed E-state index contributed by atoms with van der Waals surface area (Å²) in [5.41, 5.74) is 8.17. The summed E-state index contributed by atoms with van der Waals surface area (Å²) in [6.45, 7) is 21.1. The van der Waals surface area contributed by atoms with Gasteiger partial charge in [-0.3, -0.25) is 24.2 Å². The number of alkyl carbamates (subject to hydrolysis) is 1. The Bertz CT molecular complexity index is 2120. The topological polar surface area (TPSA) is 282 Å². The van der Waals surface area contributed by atoms with Gasteiger partial charge in [-0.05, 0) is 101 Å². The van der Waals surface area contributed by atoms with Gasteiger partial charge in [-0.2, -0.15) is 0 Å². The number of carbonyl (C=O) groups is 4. The molecule has 4 aliphatic heterocycles. The Balaban J connectivity index is 1.27. The number of Topliss-reactive ketones (excluding diaryl/α,β-unsaturated/α-hetero) is 2. The molecule has 1 aliphatic carbocycles. The van der Waals surface area contributed by atoms with E-state index in [0.29, 0.717) is 84.0 Å². The summed E-state index contributed by atoms with van der Waals surface area (Å²) in [7, 11) is 3.13. The van der Waals surface area contributed by atoms with Crippen LogP contribution in [0.2, 0.25) is 0 Å². The number of carbonyl (C=O) groups excluding carboxylic acids is 4. The van der Waals surface area contributed by atoms with E-state index in [2.05, 4.69) is 22.0 Å². The molecule has 8 N–H and O–H groups in total. The Morgan fingerprint density at radius 1 is 0.795 bits per heavy atom. The molecular weight excluding hydrogens is 1070 g/mol. The second kappa shape index (κ2) is 35.3. The fourth-order valence-electron chi connectivity index (χ4n) is 12.3. The van der Waals surface area contributed by atoms with Crippen LogP contribution >= 0.6 is 0 Å². The summed E-state index contributed by atoms with van der Waals surface area (Å²) in [6, 6.07) is -1.97. The van der Waals surface area contributed by atoms with Crippen LogP contribution in [0, 0.1) is 29.6 Å². The number of cyclic esters (lactones) is 1. The van der Waals surface area contributed by atoms with Crippen molar-refractivity contribution < 1.29 is 77.9 Å². The summed E-state index contributed by atoms with van der Waals surface area (Å²) >= 11 is 0. The van der Waals surface area contributed by atoms with Gasteiger partial charge in [0, 0.05) is 96.7 Å². The number of aliphatic hydroxyl groups excluding tert-OH is 4. The first kappa shape index (κ1) is 70.2. The monoisotopic (exact) mass is 1180 g/mol. The molecule has 5 rings (SSSR count). The first-order valence-corrected chi connectivity index (χ1v) is 30.8. The normalized spacial score (nSPS) is 37.7. The van der Waals surface area contributed by atoms with E-state index in [-0.39, 0.29) is 49.9 Å². The number of nitrogens with two attached hydrogens (primary N) is 1. The third-order valence-electron chi connectivity index (χ3n) is 17.9. The number of hydrogen-bond donors (Lipinski definition) is 7. The van der Waals surface area contributed by atoms with Crippen molar-refractivity contribution in [2.45, 2.75) is 198 Å². The third kappa shape index (κ3) is 21.4. The molecule has 0 aromatic carbocycles. The van der Waals surface area contributed by atoms with Crippen LogP contribution in [0.15, 0.2) is 47.6 Å². The molecule has 4 fully saturated rings. The summed E-state index contributed by atoms with van der Waals surface area (Å²) < 4.78 is 41.5. The molecule has 1 unspecified atom stereocenters. The number of nitrogens with zero attached hydrogens (tertiary/aromatic N) is 3. The van der Waals surface area contributed by atoms with Gasteiger partial charge in [0.15, 0.2) is 12.0 Å². The predicted octanol–water partition coefficient (Wildman–Crippen LogP) is 4.21. The van der Waals surface area contributed by atoms with Crippen LogP contribution in [0.25, 0.3) is 0 Å². The van der Waals surface area contributed by atoms with Gasteiger partial charge in [0.1, 0.15) is 30.5 Å². The molecule has 5 aliphatic rings. The summed E-state index contributed by atoms with van der Waals surface area (Å²) in [5, 5.41) is 61.1. The zero-order chi connectivity index (χ0) is 60.8. The van der Waals surface area contributed by atoms with Gasteiger partial charge in [-0.1, -0.05) is 77.5 Å². The van der Waals surface area contributed by atoms with Crippen LogP contribution in [-0.2, 0) is 47.5 Å². The van der Waals surface area contributed by atoms with E-state index >= 15 is 0 Å². The molecular formula is C62H105N5O16. The van der Waals surface area contributed by atoms with Crippen molar-refractivity contribution in [3.05, 3.63) is 47.6 Å². The molecule has 1 saturated carbocycles. The van der Waals surface area contributed by atoms with Crippen molar-refractivity contribution in [3.63, 3.8) is 0 Å². The maximum absolute atomic E-state index is 14.6. The average molecular weight is 1180 g/mol. The minimum absolute atomic E-state index is 0.0494. The number of rotatable bonds is 16. The quantitative estimate of drug-likeness (QED) is 0.0648. The first-order valence-electron chi connectivity index (χ1n) is 30.8. The highest BCUT2D eigenvalue weighted by molar-refractivity contribution is 5.90. The maximum atomic E-state index is 14.6. The largest absolute Gasteiger partial charge is 0.459 e. The number of fused-ring (bicyclic) bond motifs is 3. The Kier molecular flexibility index (Phi) is 29.9. The lowest BCUT2D eigenvalue weighted by molar-refractivity contribution is -0.275. The zero-order valence-corrected chi connectivity index (χ0v) is 51.3. The van der Waals surface area contributed by atoms with Crippen molar-refractivity contribution in [2.75, 3.05) is 93.0 Å². The smallest absolute Gasteiger partial charge is 0.407 e. The lowest BCUT2D eigenvalue weighted by Gasteiger charge is -2.45. The Morgan fingerprint density at radius 3 is 2.20 bits per heavy atom. The molecule has 0 radical (unpaired) electrons. The average Bonchev–Trinajstić information content (AvgIpc) is 3.61. The standard InChI is InChI=1S/C62H105N5O16/c1-10-65-25-27-66(28-26-65)29-31-80-33-32-79-30-23-64-61(75)82-51-22-20-46(37-54(51)78-9)36-48(63)53-39-50(68)42(4)35-44(6)56(70)57(71)55(69)43(5)34-40(2)16-12-11-13-17-41(3)52(77-8)38-47-21-19-45(7)62(76,83-47)58(72)59(73)67-24-15-14-18-49(67)60(74)81-53/h11-13,16-17,35,40,42-43,45-54,56-57,59,68,70-71,73,76H,10,14-15,18-34,36-39,63H2,1-9H3,(H,64,75)/b13-11+,16-12+,41-17+,44-35+/t40-,42-,43-,45-,46+,47+,48-,49+,50-,51-,52+,53+,54-,56-,57+,59?,62-/m1/s1. The first-order chi connectivity index (χ1) is 39.6. The minimum Gasteiger partial charge on any atom is -0.459 e. The van der Waals surface area contributed by atoms with Gasteiger partial charge in [0.25, 0.3) is 0 Å². The summed E-state index contributed by atoms with van der Waals surface area (Å²) in [6.07, 6.45) is 5.52. The van der Waals surface area contributed by atoms with Gasteiger partial charge in [0.05, 0.1) is 50.8 Å². The molecule has 17 atom stereocenters. The molecule has 21 heteroatoms. The number of likely N-dealkylation sites (N-methyl/N-ethyl adjacent to an activating group) is 1. The molecule has 0 aromatic heterocycles. The Morgan fingerprint density at radius 2 is 1.51 bits per heavy atom. The SMILES string of the molecule is CCN1CCN(CCOCCOCCNC(=O)O[C@@H]2CC[C@@H](C[C@@H](N)[C@@H]3C[C@@H](O)[C@H](C)/C=C(\C)[C@@H](O)[C@@H](O)C(=O)[C@H](C)C[C@H](C)/C=C/C=C/C=C(\C)[C@@H](OC)C[C@@H]4CC[C@@H](C)[C@@](O)(O4)C(=O)C(O)N4CCCC[C@H]4C(=O)O3)C[C@H]2OC)CC1. The second-order valence-corrected chi connectivity index (χ2v) is 24.2. The van der Waals surface area contributed by atoms with Gasteiger partial charge < -0.3 is 74.6 Å². The zero-order valence-electron chi connectivity index (χ0n) is 51.3. The van der Waals surface area contributed by atoms with E-state index in [0.717, 1.165) is 44.8 Å². The Hall–Kier alpha value is -3.52. The minimum atomic E-state index is -2.38. The van der Waals surface area contributed by atoms with Crippen molar-refractivity contribution in [3.8, 4) is 0 Å². The van der Waals surface area contributed by atoms with Crippen LogP contribution in [0.3, 0.4) is 0 Å². The molecule has 2 bridgehead atoms. The molecule has 0 aromatic rings. The van der Waals surface area contributed by atoms with Crippen LogP contribution in [-0.4, -0.2) is 230 Å². The number of ether oxygens (including phenoxy) is 7. The number of hydrogen-bond acceptors (Lipinski definition) is 20. The fourth-order valence-corrected chi connectivity index (χ4v) is 12.3. The van der Waals surface area contributed by atoms with E-state index in [4.69, 9.17) is 38.9 Å². The van der Waals surface area contributed by atoms with Crippen LogP contribution in [0.4, 0.5) is 4.79 Å². The lowest BCUT2D eigenvalue weighted by Crippen LogP contribution is -2.62. The van der Waals surface area contributed by atoms with Crippen LogP contribution in [0.1, 0.15) is 126 Å². The summed E-state index contributed by atoms with van der Waals surface area (Å²) in [4.78, 5) is 61.7. The van der Waals surface area contributed by atoms with E-state index in [1.807, 2.05) is 44.2 Å². The van der Waals surface area contributed by atoms with Crippen molar-refractivity contribution in [1.82, 2.24) is 20.0 Å². The number of ketones is 2. The number of methoxy groups -OCH3 is 2. The van der Waals surface area contributed by atoms with Crippen LogP contribution < -0.4 is 11.1 Å². The highest BCUT2D eigenvalue weighted by Crippen LogP contribution is 2.38. The number of esters is 1. The Labute approximate surface area is 494 Å². The molecule has 1 amide bonds. The van der Waals surface area contributed by atoms with Gasteiger partial charge in [-0.25, -0.2) is 4.79 Å². The molecule has 83 heavy (non-hydrogen) atoms. The number of nitrogens with one attached hydrogen (secondary N) is 1. The van der Waals surface area contributed by atoms with Crippen molar-refractivity contribution in [2.24, 2.45) is 35.3 Å². The van der Waals surface area contributed by atoms with Crippen molar-refractivity contribution >= 4 is 23.6 Å². The molecule has 21 nitrogen and oxygen atoms in total. The molecule has 3 saturated heterocycles. The van der Waals surface area contributed by atoms with Gasteiger partial charge in [-0.15, -0.1) is 0 Å². The number of aliphatic hydroxyl groups is 5. The van der Waals surface area contributed by atoms with Gasteiger partial charge >= 0.3 is 12.1 Å². The highest BCUT2D eigenvalue weighted by Gasteiger charge is 2.53. The van der Waals surface area contributed by atoms with E-state index in [9.17, 15) is 44.7 Å².